The van der Waals surface area contributed by atoms with E-state index in [0.29, 0.717) is 4.75 Å². The van der Waals surface area contributed by atoms with Gasteiger partial charge in [-0.3, -0.25) is 0 Å². The molecule has 88 valence electrons. The third-order valence-corrected chi connectivity index (χ3v) is 5.69. The molecule has 0 aromatic carbocycles. The highest BCUT2D eigenvalue weighted by atomic mass is 32.2. The van der Waals surface area contributed by atoms with Gasteiger partial charge in [-0.15, -0.1) is 0 Å². The summed E-state index contributed by atoms with van der Waals surface area (Å²) in [6.07, 6.45) is 8.55. The van der Waals surface area contributed by atoms with Crippen LogP contribution in [0.2, 0.25) is 0 Å². The Balaban J connectivity index is 1.76. The molecule has 1 heterocycles. The average molecular weight is 227 g/mol. The van der Waals surface area contributed by atoms with Crippen molar-refractivity contribution in [3.05, 3.63) is 0 Å². The Kier molecular flexibility index (Phi) is 4.00. The van der Waals surface area contributed by atoms with Crippen molar-refractivity contribution in [2.45, 2.75) is 63.2 Å². The molecule has 0 aromatic rings. The molecule has 2 fully saturated rings. The molecule has 0 aromatic heterocycles. The largest absolute Gasteiger partial charge is 0.312 e. The number of hydrogen-bond acceptors (Lipinski definition) is 2. The van der Waals surface area contributed by atoms with Crippen molar-refractivity contribution in [2.24, 2.45) is 5.92 Å². The van der Waals surface area contributed by atoms with Crippen LogP contribution in [0, 0.1) is 5.92 Å². The Labute approximate surface area is 98.8 Å². The van der Waals surface area contributed by atoms with Crippen LogP contribution in [0.1, 0.15) is 52.4 Å². The first-order valence-corrected chi connectivity index (χ1v) is 7.55. The summed E-state index contributed by atoms with van der Waals surface area (Å²) < 4.78 is 0.539. The Morgan fingerprint density at radius 1 is 1.27 bits per heavy atom. The van der Waals surface area contributed by atoms with Crippen molar-refractivity contribution < 1.29 is 0 Å². The minimum atomic E-state index is 0.539. The first-order valence-electron chi connectivity index (χ1n) is 6.57. The van der Waals surface area contributed by atoms with Crippen LogP contribution in [0.25, 0.3) is 0 Å². The summed E-state index contributed by atoms with van der Waals surface area (Å²) in [7, 11) is 0. The Morgan fingerprint density at radius 2 is 2.07 bits per heavy atom. The second kappa shape index (κ2) is 5.09. The zero-order chi connectivity index (χ0) is 10.7. The van der Waals surface area contributed by atoms with E-state index in [1.807, 2.05) is 0 Å². The van der Waals surface area contributed by atoms with Gasteiger partial charge in [-0.1, -0.05) is 19.8 Å². The van der Waals surface area contributed by atoms with Gasteiger partial charge in [-0.2, -0.15) is 11.8 Å². The molecule has 3 atom stereocenters. The quantitative estimate of drug-likeness (QED) is 0.792. The molecule has 1 saturated heterocycles. The predicted octanol–water partition coefficient (Wildman–Crippen LogP) is 3.44. The minimum absolute atomic E-state index is 0.539. The molecule has 2 heteroatoms. The Hall–Kier alpha value is 0.310. The van der Waals surface area contributed by atoms with E-state index < -0.39 is 0 Å². The third kappa shape index (κ3) is 3.13. The van der Waals surface area contributed by atoms with Gasteiger partial charge in [0, 0.05) is 17.3 Å². The van der Waals surface area contributed by atoms with Crippen LogP contribution in [-0.4, -0.2) is 23.1 Å². The molecule has 3 unspecified atom stereocenters. The molecular formula is C13H25NS. The van der Waals surface area contributed by atoms with Gasteiger partial charge in [0.15, 0.2) is 0 Å². The molecule has 1 N–H and O–H groups in total. The molecule has 1 saturated carbocycles. The van der Waals surface area contributed by atoms with Crippen LogP contribution in [0.5, 0.6) is 0 Å². The fourth-order valence-electron chi connectivity index (χ4n) is 2.94. The first kappa shape index (κ1) is 11.8. The normalized spacial score (nSPS) is 42.0. The van der Waals surface area contributed by atoms with Crippen LogP contribution < -0.4 is 5.32 Å². The molecule has 2 rings (SSSR count). The lowest BCUT2D eigenvalue weighted by Gasteiger charge is -2.33. The monoisotopic (exact) mass is 227 g/mol. The Morgan fingerprint density at radius 3 is 2.73 bits per heavy atom. The first-order chi connectivity index (χ1) is 7.20. The van der Waals surface area contributed by atoms with Crippen molar-refractivity contribution in [3.63, 3.8) is 0 Å². The van der Waals surface area contributed by atoms with Gasteiger partial charge in [-0.05, 0) is 44.3 Å². The van der Waals surface area contributed by atoms with Crippen molar-refractivity contribution >= 4 is 11.8 Å². The van der Waals surface area contributed by atoms with Gasteiger partial charge in [0.25, 0.3) is 0 Å². The van der Waals surface area contributed by atoms with Crippen LogP contribution in [0.3, 0.4) is 0 Å². The van der Waals surface area contributed by atoms with Gasteiger partial charge in [-0.25, -0.2) is 0 Å². The zero-order valence-corrected chi connectivity index (χ0v) is 11.0. The maximum atomic E-state index is 3.83. The number of hydrogen-bond donors (Lipinski definition) is 1. The molecule has 1 aliphatic carbocycles. The van der Waals surface area contributed by atoms with Gasteiger partial charge >= 0.3 is 0 Å². The molecular weight excluding hydrogens is 202 g/mol. The summed E-state index contributed by atoms with van der Waals surface area (Å²) in [5, 5.41) is 3.83. The lowest BCUT2D eigenvalue weighted by atomic mass is 9.85. The molecule has 15 heavy (non-hydrogen) atoms. The predicted molar refractivity (Wildman–Crippen MR) is 69.5 cm³/mol. The molecule has 1 aliphatic heterocycles. The molecule has 0 bridgehead atoms. The highest BCUT2D eigenvalue weighted by Gasteiger charge is 2.31. The lowest BCUT2D eigenvalue weighted by molar-refractivity contribution is 0.274. The van der Waals surface area contributed by atoms with Crippen molar-refractivity contribution in [1.82, 2.24) is 5.32 Å². The highest BCUT2D eigenvalue weighted by molar-refractivity contribution is 8.00. The summed E-state index contributed by atoms with van der Waals surface area (Å²) in [6, 6.07) is 0.803. The smallest absolute Gasteiger partial charge is 0.0256 e. The summed E-state index contributed by atoms with van der Waals surface area (Å²) in [6.45, 7) is 6.08. The molecule has 0 amide bonds. The van der Waals surface area contributed by atoms with Gasteiger partial charge < -0.3 is 5.32 Å². The van der Waals surface area contributed by atoms with E-state index in [-0.39, 0.29) is 0 Å². The van der Waals surface area contributed by atoms with E-state index in [1.165, 1.54) is 50.8 Å². The third-order valence-electron chi connectivity index (χ3n) is 4.15. The maximum Gasteiger partial charge on any atom is 0.0256 e. The van der Waals surface area contributed by atoms with E-state index in [0.717, 1.165) is 12.0 Å². The van der Waals surface area contributed by atoms with Crippen molar-refractivity contribution in [2.75, 3.05) is 12.3 Å². The fraction of sp³-hybridized carbons (Fsp3) is 1.00. The van der Waals surface area contributed by atoms with Gasteiger partial charge in [0.05, 0.1) is 0 Å². The van der Waals surface area contributed by atoms with E-state index in [4.69, 9.17) is 0 Å². The van der Waals surface area contributed by atoms with Crippen LogP contribution in [0.15, 0.2) is 0 Å². The van der Waals surface area contributed by atoms with Crippen LogP contribution in [0.4, 0.5) is 0 Å². The second-order valence-corrected chi connectivity index (χ2v) is 7.33. The standard InChI is InChI=1S/C13H25NS/c1-11-6-3-4-7-12(11)14-10-13(2)8-5-9-15-13/h11-12,14H,3-10H2,1-2H3. The zero-order valence-electron chi connectivity index (χ0n) is 10.2. The summed E-state index contributed by atoms with van der Waals surface area (Å²) in [5.41, 5.74) is 0. The topological polar surface area (TPSA) is 12.0 Å². The van der Waals surface area contributed by atoms with E-state index in [9.17, 15) is 0 Å². The second-order valence-electron chi connectivity index (χ2n) is 5.65. The lowest BCUT2D eigenvalue weighted by Crippen LogP contribution is -2.43. The average Bonchev–Trinajstić information content (AvgIpc) is 2.65. The number of nitrogens with one attached hydrogen (secondary N) is 1. The minimum Gasteiger partial charge on any atom is -0.312 e. The van der Waals surface area contributed by atoms with Gasteiger partial charge in [0.1, 0.15) is 0 Å². The summed E-state index contributed by atoms with van der Waals surface area (Å²) in [4.78, 5) is 0. The number of thioether (sulfide) groups is 1. The summed E-state index contributed by atoms with van der Waals surface area (Å²) in [5.74, 6) is 2.27. The maximum absolute atomic E-state index is 3.83. The van der Waals surface area contributed by atoms with Gasteiger partial charge in [0.2, 0.25) is 0 Å². The SMILES string of the molecule is CC1CCCCC1NCC1(C)CCCS1. The fourth-order valence-corrected chi connectivity index (χ4v) is 4.20. The van der Waals surface area contributed by atoms with Crippen molar-refractivity contribution in [3.8, 4) is 0 Å². The number of rotatable bonds is 3. The van der Waals surface area contributed by atoms with E-state index >= 15 is 0 Å². The molecule has 1 nitrogen and oxygen atoms in total. The Bertz CT molecular complexity index is 199. The molecule has 2 aliphatic rings. The molecule has 0 spiro atoms. The highest BCUT2D eigenvalue weighted by Crippen LogP contribution is 2.37. The van der Waals surface area contributed by atoms with E-state index in [2.05, 4.69) is 30.9 Å². The van der Waals surface area contributed by atoms with Crippen LogP contribution in [-0.2, 0) is 0 Å². The molecule has 0 radical (unpaired) electrons. The van der Waals surface area contributed by atoms with Crippen LogP contribution >= 0.6 is 11.8 Å². The van der Waals surface area contributed by atoms with Crippen molar-refractivity contribution in [1.29, 1.82) is 0 Å². The van der Waals surface area contributed by atoms with E-state index in [1.54, 1.807) is 0 Å². The summed E-state index contributed by atoms with van der Waals surface area (Å²) >= 11 is 2.17.